The van der Waals surface area contributed by atoms with Crippen molar-refractivity contribution in [2.24, 2.45) is 0 Å². The summed E-state index contributed by atoms with van der Waals surface area (Å²) in [5.41, 5.74) is 2.53. The molecule has 16 heavy (non-hydrogen) atoms. The van der Waals surface area contributed by atoms with Gasteiger partial charge in [0.1, 0.15) is 5.75 Å². The molecule has 1 atom stereocenters. The molecule has 0 radical (unpaired) electrons. The van der Waals surface area contributed by atoms with Crippen LogP contribution >= 0.6 is 0 Å². The summed E-state index contributed by atoms with van der Waals surface area (Å²) in [6.07, 6.45) is 2.25. The van der Waals surface area contributed by atoms with E-state index >= 15 is 0 Å². The lowest BCUT2D eigenvalue weighted by atomic mass is 10.1. The Balaban J connectivity index is 2.32. The first kappa shape index (κ1) is 13.0. The summed E-state index contributed by atoms with van der Waals surface area (Å²) in [4.78, 5) is 0. The Morgan fingerprint density at radius 1 is 1.19 bits per heavy atom. The molecule has 0 aromatic heterocycles. The van der Waals surface area contributed by atoms with Crippen LogP contribution in [0.25, 0.3) is 0 Å². The van der Waals surface area contributed by atoms with Crippen LogP contribution in [-0.4, -0.2) is 19.7 Å². The highest BCUT2D eigenvalue weighted by Gasteiger charge is 1.99. The number of ether oxygens (including phenoxy) is 1. The molecule has 0 spiro atoms. The smallest absolute Gasteiger partial charge is 0.119 e. The Bertz CT molecular complexity index is 302. The monoisotopic (exact) mass is 221 g/mol. The second kappa shape index (κ2) is 6.54. The Morgan fingerprint density at radius 2 is 1.81 bits per heavy atom. The van der Waals surface area contributed by atoms with Crippen molar-refractivity contribution in [2.75, 3.05) is 13.7 Å². The second-order valence-corrected chi connectivity index (χ2v) is 4.50. The molecule has 0 aliphatic rings. The molecule has 0 fully saturated rings. The van der Waals surface area contributed by atoms with Crippen molar-refractivity contribution in [1.82, 2.24) is 5.32 Å². The standard InChI is InChI=1S/C14H23NO/c1-11-8-12(2)10-14(9-11)16-7-5-6-13(3)15-4/h8-10,13,15H,5-7H2,1-4H3. The van der Waals surface area contributed by atoms with Crippen LogP contribution in [0.3, 0.4) is 0 Å². The minimum absolute atomic E-state index is 0.572. The molecule has 1 rings (SSSR count). The third kappa shape index (κ3) is 4.67. The fourth-order valence-corrected chi connectivity index (χ4v) is 1.74. The Labute approximate surface area is 99.0 Å². The van der Waals surface area contributed by atoms with Crippen LogP contribution in [0.5, 0.6) is 5.75 Å². The molecule has 1 unspecified atom stereocenters. The molecular weight excluding hydrogens is 198 g/mol. The first-order chi connectivity index (χ1) is 7.61. The van der Waals surface area contributed by atoms with Crippen LogP contribution in [0.2, 0.25) is 0 Å². The average molecular weight is 221 g/mol. The maximum Gasteiger partial charge on any atom is 0.119 e. The van der Waals surface area contributed by atoms with Crippen molar-refractivity contribution in [3.05, 3.63) is 29.3 Å². The molecule has 2 nitrogen and oxygen atoms in total. The lowest BCUT2D eigenvalue weighted by Gasteiger charge is -2.11. The van der Waals surface area contributed by atoms with Crippen molar-refractivity contribution in [3.63, 3.8) is 0 Å². The molecule has 1 aromatic carbocycles. The Kier molecular flexibility index (Phi) is 5.33. The number of benzene rings is 1. The predicted molar refractivity (Wildman–Crippen MR) is 69.2 cm³/mol. The fraction of sp³-hybridized carbons (Fsp3) is 0.571. The largest absolute Gasteiger partial charge is 0.494 e. The highest BCUT2D eigenvalue weighted by Crippen LogP contribution is 2.16. The van der Waals surface area contributed by atoms with Crippen LogP contribution in [0, 0.1) is 13.8 Å². The van der Waals surface area contributed by atoms with Gasteiger partial charge in [-0.3, -0.25) is 0 Å². The number of hydrogen-bond acceptors (Lipinski definition) is 2. The molecule has 0 bridgehead atoms. The van der Waals surface area contributed by atoms with E-state index in [4.69, 9.17) is 4.74 Å². The Hall–Kier alpha value is -1.02. The summed E-state index contributed by atoms with van der Waals surface area (Å²) in [5, 5.41) is 3.23. The molecule has 2 heteroatoms. The highest BCUT2D eigenvalue weighted by molar-refractivity contribution is 5.32. The van der Waals surface area contributed by atoms with Crippen molar-refractivity contribution in [2.45, 2.75) is 39.7 Å². The number of rotatable bonds is 6. The first-order valence-corrected chi connectivity index (χ1v) is 6.00. The van der Waals surface area contributed by atoms with Crippen LogP contribution in [-0.2, 0) is 0 Å². The summed E-state index contributed by atoms with van der Waals surface area (Å²) in [6.45, 7) is 7.19. The molecule has 1 N–H and O–H groups in total. The SMILES string of the molecule is CNC(C)CCCOc1cc(C)cc(C)c1. The molecule has 0 aliphatic carbocycles. The zero-order valence-electron chi connectivity index (χ0n) is 10.8. The maximum absolute atomic E-state index is 5.73. The van der Waals surface area contributed by atoms with E-state index in [-0.39, 0.29) is 0 Å². The second-order valence-electron chi connectivity index (χ2n) is 4.50. The van der Waals surface area contributed by atoms with Gasteiger partial charge < -0.3 is 10.1 Å². The van der Waals surface area contributed by atoms with Gasteiger partial charge in [0.05, 0.1) is 6.61 Å². The summed E-state index contributed by atoms with van der Waals surface area (Å²) < 4.78 is 5.73. The third-order valence-corrected chi connectivity index (χ3v) is 2.74. The van der Waals surface area contributed by atoms with Crippen molar-refractivity contribution in [1.29, 1.82) is 0 Å². The van der Waals surface area contributed by atoms with E-state index in [1.54, 1.807) is 0 Å². The van der Waals surface area contributed by atoms with E-state index in [1.165, 1.54) is 11.1 Å². The average Bonchev–Trinajstić information content (AvgIpc) is 2.22. The van der Waals surface area contributed by atoms with Crippen molar-refractivity contribution in [3.8, 4) is 5.75 Å². The first-order valence-electron chi connectivity index (χ1n) is 6.00. The number of nitrogens with one attached hydrogen (secondary N) is 1. The van der Waals surface area contributed by atoms with Gasteiger partial charge in [0, 0.05) is 6.04 Å². The van der Waals surface area contributed by atoms with E-state index in [0.29, 0.717) is 6.04 Å². The predicted octanol–water partition coefficient (Wildman–Crippen LogP) is 3.07. The van der Waals surface area contributed by atoms with Crippen LogP contribution in [0.1, 0.15) is 30.9 Å². The highest BCUT2D eigenvalue weighted by atomic mass is 16.5. The maximum atomic E-state index is 5.73. The summed E-state index contributed by atoms with van der Waals surface area (Å²) in [6, 6.07) is 6.92. The molecule has 0 aliphatic heterocycles. The zero-order chi connectivity index (χ0) is 12.0. The van der Waals surface area contributed by atoms with Crippen molar-refractivity contribution < 1.29 is 4.74 Å². The van der Waals surface area contributed by atoms with Gasteiger partial charge >= 0.3 is 0 Å². The molecule has 0 heterocycles. The van der Waals surface area contributed by atoms with Crippen LogP contribution in [0.15, 0.2) is 18.2 Å². The van der Waals surface area contributed by atoms with Gasteiger partial charge in [-0.05, 0) is 63.9 Å². The fourth-order valence-electron chi connectivity index (χ4n) is 1.74. The van der Waals surface area contributed by atoms with Gasteiger partial charge in [-0.1, -0.05) is 6.07 Å². The summed E-state index contributed by atoms with van der Waals surface area (Å²) >= 11 is 0. The van der Waals surface area contributed by atoms with E-state index < -0.39 is 0 Å². The van der Waals surface area contributed by atoms with Gasteiger partial charge in [-0.2, -0.15) is 0 Å². The van der Waals surface area contributed by atoms with Crippen LogP contribution < -0.4 is 10.1 Å². The van der Waals surface area contributed by atoms with Crippen molar-refractivity contribution >= 4 is 0 Å². The minimum Gasteiger partial charge on any atom is -0.494 e. The Morgan fingerprint density at radius 3 is 2.38 bits per heavy atom. The lowest BCUT2D eigenvalue weighted by Crippen LogP contribution is -2.21. The van der Waals surface area contributed by atoms with E-state index in [9.17, 15) is 0 Å². The van der Waals surface area contributed by atoms with E-state index in [0.717, 1.165) is 25.2 Å². The molecular formula is C14H23NO. The minimum atomic E-state index is 0.572. The lowest BCUT2D eigenvalue weighted by molar-refractivity contribution is 0.299. The van der Waals surface area contributed by atoms with Gasteiger partial charge in [-0.25, -0.2) is 0 Å². The molecule has 1 aromatic rings. The number of hydrogen-bond donors (Lipinski definition) is 1. The third-order valence-electron chi connectivity index (χ3n) is 2.74. The molecule has 0 saturated carbocycles. The topological polar surface area (TPSA) is 21.3 Å². The zero-order valence-corrected chi connectivity index (χ0v) is 10.8. The van der Waals surface area contributed by atoms with Crippen LogP contribution in [0.4, 0.5) is 0 Å². The van der Waals surface area contributed by atoms with E-state index in [2.05, 4.69) is 44.3 Å². The molecule has 0 amide bonds. The molecule has 0 saturated heterocycles. The van der Waals surface area contributed by atoms with Gasteiger partial charge in [0.25, 0.3) is 0 Å². The molecule has 90 valence electrons. The van der Waals surface area contributed by atoms with Gasteiger partial charge in [0.15, 0.2) is 0 Å². The van der Waals surface area contributed by atoms with Gasteiger partial charge in [-0.15, -0.1) is 0 Å². The summed E-state index contributed by atoms with van der Waals surface area (Å²) in [5.74, 6) is 0.995. The normalized spacial score (nSPS) is 12.5. The van der Waals surface area contributed by atoms with E-state index in [1.807, 2.05) is 7.05 Å². The number of aryl methyl sites for hydroxylation is 2. The summed E-state index contributed by atoms with van der Waals surface area (Å²) in [7, 11) is 2.00. The quantitative estimate of drug-likeness (QED) is 0.745. The van der Waals surface area contributed by atoms with Gasteiger partial charge in [0.2, 0.25) is 0 Å².